The molecule has 5 heteroatoms. The second kappa shape index (κ2) is 5.19. The Morgan fingerprint density at radius 3 is 2.41 bits per heavy atom. The third kappa shape index (κ3) is 2.26. The second-order valence-electron chi connectivity index (χ2n) is 5.76. The van der Waals surface area contributed by atoms with Gasteiger partial charge in [-0.05, 0) is 37.5 Å². The number of rotatable bonds is 3. The van der Waals surface area contributed by atoms with Crippen molar-refractivity contribution in [1.82, 2.24) is 4.31 Å². The molecule has 0 amide bonds. The number of aryl methyl sites for hydroxylation is 2. The summed E-state index contributed by atoms with van der Waals surface area (Å²) < 4.78 is 26.7. The van der Waals surface area contributed by atoms with Crippen molar-refractivity contribution in [2.75, 3.05) is 7.05 Å². The van der Waals surface area contributed by atoms with Crippen molar-refractivity contribution in [3.05, 3.63) is 65.2 Å². The maximum absolute atomic E-state index is 12.8. The minimum Gasteiger partial charge on any atom is -0.370 e. The fraction of sp³-hybridized carbons (Fsp3) is 0.294. The number of nitrogens with zero attached hydrogens (tertiary/aromatic N) is 1. The molecular formula is C17H19NO3S. The van der Waals surface area contributed by atoms with E-state index in [-0.39, 0.29) is 4.90 Å². The van der Waals surface area contributed by atoms with E-state index in [9.17, 15) is 13.5 Å². The maximum Gasteiger partial charge on any atom is 0.245 e. The van der Waals surface area contributed by atoms with Gasteiger partial charge in [-0.25, -0.2) is 8.42 Å². The summed E-state index contributed by atoms with van der Waals surface area (Å²) in [5.74, 6) is 0. The second-order valence-corrected chi connectivity index (χ2v) is 7.73. The summed E-state index contributed by atoms with van der Waals surface area (Å²) in [5.41, 5.74) is 1.18. The summed E-state index contributed by atoms with van der Waals surface area (Å²) in [7, 11) is -2.32. The Morgan fingerprint density at radius 2 is 1.73 bits per heavy atom. The lowest BCUT2D eigenvalue weighted by Gasteiger charge is -2.33. The largest absolute Gasteiger partial charge is 0.370 e. The highest BCUT2D eigenvalue weighted by molar-refractivity contribution is 7.89. The Bertz CT molecular complexity index is 799. The van der Waals surface area contributed by atoms with E-state index in [1.54, 1.807) is 30.3 Å². The first-order valence-electron chi connectivity index (χ1n) is 7.22. The zero-order valence-corrected chi connectivity index (χ0v) is 13.5. The van der Waals surface area contributed by atoms with Crippen LogP contribution in [0.2, 0.25) is 0 Å². The van der Waals surface area contributed by atoms with Crippen molar-refractivity contribution in [2.24, 2.45) is 0 Å². The molecule has 0 fully saturated rings. The minimum atomic E-state index is -3.76. The smallest absolute Gasteiger partial charge is 0.245 e. The SMILES string of the molecule is Cc1ccc(S(=O)(=O)N(C)C2(O)CCc3ccccc32)cc1. The Balaban J connectivity index is 2.04. The van der Waals surface area contributed by atoms with Crippen LogP contribution in [0.1, 0.15) is 23.1 Å². The van der Waals surface area contributed by atoms with Gasteiger partial charge in [0.05, 0.1) is 4.90 Å². The van der Waals surface area contributed by atoms with Crippen LogP contribution in [-0.2, 0) is 22.2 Å². The van der Waals surface area contributed by atoms with Gasteiger partial charge in [-0.15, -0.1) is 0 Å². The lowest BCUT2D eigenvalue weighted by Crippen LogP contribution is -2.45. The number of aliphatic hydroxyl groups is 1. The zero-order valence-electron chi connectivity index (χ0n) is 12.7. The topological polar surface area (TPSA) is 57.6 Å². The van der Waals surface area contributed by atoms with Crippen molar-refractivity contribution in [1.29, 1.82) is 0 Å². The molecular weight excluding hydrogens is 298 g/mol. The summed E-state index contributed by atoms with van der Waals surface area (Å²) >= 11 is 0. The molecule has 0 aromatic heterocycles. The summed E-state index contributed by atoms with van der Waals surface area (Å²) in [5, 5.41) is 11.0. The first kappa shape index (κ1) is 15.2. The average molecular weight is 317 g/mol. The molecule has 0 aliphatic heterocycles. The van der Waals surface area contributed by atoms with E-state index in [4.69, 9.17) is 0 Å². The van der Waals surface area contributed by atoms with Crippen molar-refractivity contribution >= 4 is 10.0 Å². The van der Waals surface area contributed by atoms with Crippen LogP contribution in [-0.4, -0.2) is 24.9 Å². The Hall–Kier alpha value is -1.69. The highest BCUT2D eigenvalue weighted by atomic mass is 32.2. The Labute approximate surface area is 131 Å². The minimum absolute atomic E-state index is 0.193. The summed E-state index contributed by atoms with van der Waals surface area (Å²) in [6, 6.07) is 14.1. The van der Waals surface area contributed by atoms with Crippen LogP contribution in [0, 0.1) is 6.92 Å². The molecule has 0 saturated heterocycles. The Morgan fingerprint density at radius 1 is 1.09 bits per heavy atom. The van der Waals surface area contributed by atoms with Gasteiger partial charge in [-0.2, -0.15) is 4.31 Å². The van der Waals surface area contributed by atoms with Crippen molar-refractivity contribution in [3.8, 4) is 0 Å². The molecule has 1 aliphatic rings. The van der Waals surface area contributed by atoms with E-state index >= 15 is 0 Å². The van der Waals surface area contributed by atoms with Gasteiger partial charge in [0.15, 0.2) is 5.72 Å². The third-order valence-corrected chi connectivity index (χ3v) is 6.28. The van der Waals surface area contributed by atoms with Gasteiger partial charge < -0.3 is 5.11 Å². The molecule has 3 rings (SSSR count). The van der Waals surface area contributed by atoms with Crippen LogP contribution < -0.4 is 0 Å². The summed E-state index contributed by atoms with van der Waals surface area (Å²) in [6.45, 7) is 1.90. The monoisotopic (exact) mass is 317 g/mol. The van der Waals surface area contributed by atoms with Gasteiger partial charge >= 0.3 is 0 Å². The highest BCUT2D eigenvalue weighted by Gasteiger charge is 2.45. The molecule has 0 heterocycles. The Kier molecular flexibility index (Phi) is 3.59. The quantitative estimate of drug-likeness (QED) is 0.885. The fourth-order valence-electron chi connectivity index (χ4n) is 2.97. The van der Waals surface area contributed by atoms with E-state index in [1.807, 2.05) is 25.1 Å². The van der Waals surface area contributed by atoms with Gasteiger partial charge in [0.25, 0.3) is 0 Å². The predicted octanol–water partition coefficient (Wildman–Crippen LogP) is 2.41. The van der Waals surface area contributed by atoms with Crippen molar-refractivity contribution < 1.29 is 13.5 Å². The summed E-state index contributed by atoms with van der Waals surface area (Å²) in [6.07, 6.45) is 1.04. The summed E-state index contributed by atoms with van der Waals surface area (Å²) in [4.78, 5) is 0.193. The maximum atomic E-state index is 12.8. The number of sulfonamides is 1. The van der Waals surface area contributed by atoms with Gasteiger partial charge in [0.2, 0.25) is 10.0 Å². The molecule has 1 atom stereocenters. The predicted molar refractivity (Wildman–Crippen MR) is 84.8 cm³/mol. The van der Waals surface area contributed by atoms with Crippen LogP contribution in [0.4, 0.5) is 0 Å². The first-order chi connectivity index (χ1) is 10.4. The molecule has 2 aromatic rings. The van der Waals surface area contributed by atoms with Gasteiger partial charge in [0, 0.05) is 12.6 Å². The van der Waals surface area contributed by atoms with Crippen molar-refractivity contribution in [3.63, 3.8) is 0 Å². The van der Waals surface area contributed by atoms with Crippen LogP contribution in [0.5, 0.6) is 0 Å². The van der Waals surface area contributed by atoms with Crippen LogP contribution in [0.15, 0.2) is 53.4 Å². The number of fused-ring (bicyclic) bond motifs is 1. The average Bonchev–Trinajstić information content (AvgIpc) is 2.86. The highest BCUT2D eigenvalue weighted by Crippen LogP contribution is 2.41. The molecule has 0 bridgehead atoms. The van der Waals surface area contributed by atoms with Gasteiger partial charge in [0.1, 0.15) is 0 Å². The van der Waals surface area contributed by atoms with Gasteiger partial charge in [-0.3, -0.25) is 0 Å². The fourth-order valence-corrected chi connectivity index (χ4v) is 4.35. The van der Waals surface area contributed by atoms with Crippen LogP contribution in [0.25, 0.3) is 0 Å². The number of benzene rings is 2. The van der Waals surface area contributed by atoms with Crippen LogP contribution >= 0.6 is 0 Å². The van der Waals surface area contributed by atoms with Crippen molar-refractivity contribution in [2.45, 2.75) is 30.4 Å². The van der Waals surface area contributed by atoms with E-state index < -0.39 is 15.7 Å². The van der Waals surface area contributed by atoms with E-state index in [0.717, 1.165) is 15.4 Å². The molecule has 0 saturated carbocycles. The van der Waals surface area contributed by atoms with Crippen LogP contribution in [0.3, 0.4) is 0 Å². The molecule has 116 valence electrons. The molecule has 0 spiro atoms. The van der Waals surface area contributed by atoms with E-state index in [0.29, 0.717) is 18.4 Å². The molecule has 1 N–H and O–H groups in total. The van der Waals surface area contributed by atoms with E-state index in [2.05, 4.69) is 0 Å². The standard InChI is InChI=1S/C17H19NO3S/c1-13-7-9-15(10-8-13)22(20,21)18(2)17(19)12-11-14-5-3-4-6-16(14)17/h3-10,19H,11-12H2,1-2H3. The molecule has 22 heavy (non-hydrogen) atoms. The lowest BCUT2D eigenvalue weighted by atomic mass is 10.1. The zero-order chi connectivity index (χ0) is 16.0. The molecule has 1 unspecified atom stereocenters. The number of hydrogen-bond donors (Lipinski definition) is 1. The normalized spacial score (nSPS) is 21.1. The van der Waals surface area contributed by atoms with E-state index in [1.165, 1.54) is 7.05 Å². The molecule has 4 nitrogen and oxygen atoms in total. The van der Waals surface area contributed by atoms with Gasteiger partial charge in [-0.1, -0.05) is 42.0 Å². The molecule has 0 radical (unpaired) electrons. The lowest BCUT2D eigenvalue weighted by molar-refractivity contribution is -0.0540. The third-order valence-electron chi connectivity index (χ3n) is 4.39. The molecule has 1 aliphatic carbocycles. The number of hydrogen-bond acceptors (Lipinski definition) is 3. The first-order valence-corrected chi connectivity index (χ1v) is 8.66. The molecule has 2 aromatic carbocycles.